The molecule has 0 saturated carbocycles. The van der Waals surface area contributed by atoms with Gasteiger partial charge in [-0.1, -0.05) is 166 Å². The van der Waals surface area contributed by atoms with Crippen LogP contribution in [0.4, 0.5) is 0 Å². The molecule has 2 unspecified atom stereocenters. The van der Waals surface area contributed by atoms with Crippen LogP contribution in [-0.2, 0) is 27.9 Å². The molecule has 0 fully saturated rings. The van der Waals surface area contributed by atoms with Crippen molar-refractivity contribution in [1.29, 1.82) is 0 Å². The van der Waals surface area contributed by atoms with Gasteiger partial charge in [-0.3, -0.25) is 13.8 Å². The summed E-state index contributed by atoms with van der Waals surface area (Å²) in [6, 6.07) is 0. The Labute approximate surface area is 397 Å². The predicted molar refractivity (Wildman–Crippen MR) is 279 cm³/mol. The molecular formula is C56H91NO7P+. The number of nitrogens with zero attached hydrogens (tertiary/aromatic N) is 1. The smallest absolute Gasteiger partial charge is 0.457 e. The summed E-state index contributed by atoms with van der Waals surface area (Å²) in [5.41, 5.74) is 0. The molecule has 0 rings (SSSR count). The molecule has 9 heteroatoms. The summed E-state index contributed by atoms with van der Waals surface area (Å²) >= 11 is 0. The fourth-order valence-electron chi connectivity index (χ4n) is 5.67. The van der Waals surface area contributed by atoms with Gasteiger partial charge in [0.2, 0.25) is 0 Å². The van der Waals surface area contributed by atoms with E-state index in [1.165, 1.54) is 0 Å². The third kappa shape index (κ3) is 51.2. The van der Waals surface area contributed by atoms with Crippen LogP contribution in [0.3, 0.4) is 0 Å². The standard InChI is InChI=1S/C56H90NO7P/c1-6-8-10-12-14-16-18-20-22-24-26-27-28-29-30-31-32-33-35-37-39-41-43-45-47-49-56(58)64-55(54-63-65(59,60)62-52-50-57(3,4)5)53-61-51-48-46-44-42-40-38-36-34-25-23-21-19-17-15-13-11-9-7-2/h8-11,14-17,20-23,26-27,29-30,32-34,36-37,39-40,42,55H,6-7,12-13,18-19,24-25,28,31,35,38,41,43-54H2,1-5H3/p+1/b10-8-,11-9-,16-14-,17-15-,22-20-,23-21-,27-26-,30-29-,33-32-,36-34-,39-37-,42-40-. The van der Waals surface area contributed by atoms with Gasteiger partial charge in [0.25, 0.3) is 0 Å². The Morgan fingerprint density at radius 1 is 0.477 bits per heavy atom. The minimum Gasteiger partial charge on any atom is -0.457 e. The molecule has 0 aliphatic carbocycles. The molecule has 8 nitrogen and oxygen atoms in total. The number of unbranched alkanes of at least 4 members (excludes halogenated alkanes) is 5. The largest absolute Gasteiger partial charge is 0.472 e. The highest BCUT2D eigenvalue weighted by Crippen LogP contribution is 2.43. The maximum absolute atomic E-state index is 12.7. The van der Waals surface area contributed by atoms with E-state index in [4.69, 9.17) is 18.5 Å². The average molecular weight is 921 g/mol. The molecule has 0 saturated heterocycles. The van der Waals surface area contributed by atoms with Crippen LogP contribution in [0.2, 0.25) is 0 Å². The van der Waals surface area contributed by atoms with Gasteiger partial charge in [-0.05, 0) is 116 Å². The summed E-state index contributed by atoms with van der Waals surface area (Å²) in [6.45, 7) is 5.18. The number of carbonyl (C=O) groups excluding carboxylic acids is 1. The van der Waals surface area contributed by atoms with Crippen molar-refractivity contribution in [3.63, 3.8) is 0 Å². The number of carbonyl (C=O) groups is 1. The van der Waals surface area contributed by atoms with Gasteiger partial charge in [0, 0.05) is 13.0 Å². The fourth-order valence-corrected chi connectivity index (χ4v) is 6.42. The monoisotopic (exact) mass is 921 g/mol. The number of phosphoric acid groups is 1. The van der Waals surface area contributed by atoms with Gasteiger partial charge in [0.15, 0.2) is 0 Å². The van der Waals surface area contributed by atoms with E-state index in [1.807, 2.05) is 21.1 Å². The number of likely N-dealkylation sites (N-methyl/N-ethyl adjacent to an activating group) is 1. The molecule has 366 valence electrons. The first-order valence-electron chi connectivity index (χ1n) is 24.6. The van der Waals surface area contributed by atoms with E-state index in [0.29, 0.717) is 24.1 Å². The van der Waals surface area contributed by atoms with Crippen LogP contribution < -0.4 is 0 Å². The lowest BCUT2D eigenvalue weighted by atomic mass is 10.1. The van der Waals surface area contributed by atoms with Crippen molar-refractivity contribution >= 4 is 13.8 Å². The average Bonchev–Trinajstić information content (AvgIpc) is 3.27. The Hall–Kier alpha value is -3.62. The molecule has 65 heavy (non-hydrogen) atoms. The molecule has 0 aromatic rings. The van der Waals surface area contributed by atoms with Crippen LogP contribution in [0, 0.1) is 0 Å². The van der Waals surface area contributed by atoms with Gasteiger partial charge < -0.3 is 18.9 Å². The summed E-state index contributed by atoms with van der Waals surface area (Å²) < 4.78 is 35.0. The molecule has 0 spiro atoms. The molecular weight excluding hydrogens is 830 g/mol. The lowest BCUT2D eigenvalue weighted by Crippen LogP contribution is -2.37. The Bertz CT molecular complexity index is 1540. The molecule has 0 aromatic heterocycles. The second-order valence-corrected chi connectivity index (χ2v) is 18.2. The molecule has 0 aromatic carbocycles. The predicted octanol–water partition coefficient (Wildman–Crippen LogP) is 15.3. The normalized spacial score (nSPS) is 14.9. The van der Waals surface area contributed by atoms with E-state index in [0.717, 1.165) is 116 Å². The third-order valence-electron chi connectivity index (χ3n) is 9.40. The second kappa shape index (κ2) is 46.9. The maximum atomic E-state index is 12.7. The summed E-state index contributed by atoms with van der Waals surface area (Å²) in [4.78, 5) is 23.0. The van der Waals surface area contributed by atoms with Gasteiger partial charge >= 0.3 is 13.8 Å². The van der Waals surface area contributed by atoms with Gasteiger partial charge in [0.1, 0.15) is 19.3 Å². The number of esters is 1. The van der Waals surface area contributed by atoms with Crippen LogP contribution in [0.25, 0.3) is 0 Å². The first-order valence-corrected chi connectivity index (χ1v) is 26.1. The van der Waals surface area contributed by atoms with E-state index in [1.54, 1.807) is 0 Å². The Morgan fingerprint density at radius 3 is 1.23 bits per heavy atom. The highest BCUT2D eigenvalue weighted by molar-refractivity contribution is 7.47. The van der Waals surface area contributed by atoms with Crippen molar-refractivity contribution in [2.45, 2.75) is 148 Å². The van der Waals surface area contributed by atoms with Crippen LogP contribution in [0.15, 0.2) is 146 Å². The van der Waals surface area contributed by atoms with Crippen LogP contribution in [-0.4, -0.2) is 75.6 Å². The summed E-state index contributed by atoms with van der Waals surface area (Å²) in [5, 5.41) is 0. The van der Waals surface area contributed by atoms with E-state index in [2.05, 4.69) is 160 Å². The van der Waals surface area contributed by atoms with Gasteiger partial charge in [-0.15, -0.1) is 0 Å². The minimum absolute atomic E-state index is 0.0633. The number of rotatable bonds is 43. The highest BCUT2D eigenvalue weighted by atomic mass is 31.2. The quantitative estimate of drug-likeness (QED) is 0.0214. The highest BCUT2D eigenvalue weighted by Gasteiger charge is 2.26. The fraction of sp³-hybridized carbons (Fsp3) is 0.554. The second-order valence-electron chi connectivity index (χ2n) is 16.7. The van der Waals surface area contributed by atoms with Gasteiger partial charge in [0.05, 0.1) is 34.4 Å². The third-order valence-corrected chi connectivity index (χ3v) is 10.4. The van der Waals surface area contributed by atoms with Crippen molar-refractivity contribution in [1.82, 2.24) is 0 Å². The van der Waals surface area contributed by atoms with Crippen LogP contribution in [0.1, 0.15) is 142 Å². The number of hydrogen-bond acceptors (Lipinski definition) is 6. The van der Waals surface area contributed by atoms with E-state index < -0.39 is 13.9 Å². The summed E-state index contributed by atoms with van der Waals surface area (Å²) in [5.74, 6) is -0.368. The number of quaternary nitrogens is 1. The van der Waals surface area contributed by atoms with Crippen molar-refractivity contribution in [2.24, 2.45) is 0 Å². The molecule has 0 aliphatic rings. The van der Waals surface area contributed by atoms with E-state index in [9.17, 15) is 14.3 Å². The lowest BCUT2D eigenvalue weighted by Gasteiger charge is -2.24. The molecule has 0 heterocycles. The molecule has 0 bridgehead atoms. The van der Waals surface area contributed by atoms with E-state index in [-0.39, 0.29) is 32.2 Å². The molecule has 1 N–H and O–H groups in total. The summed E-state index contributed by atoms with van der Waals surface area (Å²) in [6.07, 6.45) is 70.4. The molecule has 0 aliphatic heterocycles. The topological polar surface area (TPSA) is 91.3 Å². The Morgan fingerprint density at radius 2 is 0.846 bits per heavy atom. The lowest BCUT2D eigenvalue weighted by molar-refractivity contribution is -0.870. The zero-order valence-corrected chi connectivity index (χ0v) is 42.3. The van der Waals surface area contributed by atoms with Gasteiger partial charge in [-0.25, -0.2) is 4.57 Å². The SMILES string of the molecule is CC/C=C\C/C=C\C/C=C\C/C=C\C/C=C\C/C=C\C/C=C\CCCCCC(=O)OC(COCCCC/C=C\C/C=C\C/C=C\C/C=C\C/C=C\CC)COP(=O)(O)OCC[N+](C)(C)C. The van der Waals surface area contributed by atoms with Gasteiger partial charge in [-0.2, -0.15) is 0 Å². The number of hydrogen-bond donors (Lipinski definition) is 1. The van der Waals surface area contributed by atoms with E-state index >= 15 is 0 Å². The molecule has 0 amide bonds. The van der Waals surface area contributed by atoms with Crippen molar-refractivity contribution in [2.75, 3.05) is 54.1 Å². The van der Waals surface area contributed by atoms with Crippen molar-refractivity contribution < 1.29 is 37.3 Å². The zero-order chi connectivity index (χ0) is 47.6. The first kappa shape index (κ1) is 61.4. The number of ether oxygens (including phenoxy) is 2. The Balaban J connectivity index is 4.37. The Kier molecular flexibility index (Phi) is 44.3. The minimum atomic E-state index is -4.31. The van der Waals surface area contributed by atoms with Crippen LogP contribution >= 0.6 is 7.82 Å². The number of phosphoric ester groups is 1. The summed E-state index contributed by atoms with van der Waals surface area (Å²) in [7, 11) is 1.59. The van der Waals surface area contributed by atoms with Crippen LogP contribution in [0.5, 0.6) is 0 Å². The van der Waals surface area contributed by atoms with Crippen molar-refractivity contribution in [3.05, 3.63) is 146 Å². The molecule has 2 atom stereocenters. The zero-order valence-electron chi connectivity index (χ0n) is 41.4. The number of allylic oxidation sites excluding steroid dienone is 24. The first-order chi connectivity index (χ1) is 31.6. The maximum Gasteiger partial charge on any atom is 0.472 e. The van der Waals surface area contributed by atoms with Crippen molar-refractivity contribution in [3.8, 4) is 0 Å². The molecule has 0 radical (unpaired) electrons.